The summed E-state index contributed by atoms with van der Waals surface area (Å²) in [5, 5.41) is 12.8. The molecular formula is C19H20FNO2. The lowest BCUT2D eigenvalue weighted by atomic mass is 9.80. The number of rotatable bonds is 2. The van der Waals surface area contributed by atoms with E-state index in [0.29, 0.717) is 23.1 Å². The van der Waals surface area contributed by atoms with Crippen molar-refractivity contribution >= 4 is 5.91 Å². The Balaban J connectivity index is 1.92. The fourth-order valence-corrected chi connectivity index (χ4v) is 3.28. The van der Waals surface area contributed by atoms with Crippen LogP contribution in [0.15, 0.2) is 36.4 Å². The summed E-state index contributed by atoms with van der Waals surface area (Å²) >= 11 is 0. The molecule has 0 saturated carbocycles. The number of halogens is 1. The maximum Gasteiger partial charge on any atom is 0.252 e. The third kappa shape index (κ3) is 2.81. The van der Waals surface area contributed by atoms with E-state index in [1.54, 1.807) is 31.2 Å². The van der Waals surface area contributed by atoms with Gasteiger partial charge < -0.3 is 10.4 Å². The highest BCUT2D eigenvalue weighted by molar-refractivity contribution is 5.96. The molecule has 0 radical (unpaired) electrons. The Morgan fingerprint density at radius 3 is 2.78 bits per heavy atom. The van der Waals surface area contributed by atoms with E-state index < -0.39 is 0 Å². The standard InChI is InChI=1S/C19H20FNO2/c1-11-9-10-14-15(6-3-7-16(14)20)18(11)21-19(23)13-5-4-8-17(22)12(13)2/h3-8,11,18,22H,9-10H2,1-2H3,(H,21,23)/t11-,18-/m1/s1. The van der Waals surface area contributed by atoms with Gasteiger partial charge in [0.15, 0.2) is 0 Å². The van der Waals surface area contributed by atoms with Gasteiger partial charge >= 0.3 is 0 Å². The predicted octanol–water partition coefficient (Wildman–Crippen LogP) is 3.89. The second-order valence-corrected chi connectivity index (χ2v) is 6.22. The van der Waals surface area contributed by atoms with Crippen LogP contribution in [0.3, 0.4) is 0 Å². The van der Waals surface area contributed by atoms with Crippen molar-refractivity contribution in [3.63, 3.8) is 0 Å². The minimum absolute atomic E-state index is 0.0980. The van der Waals surface area contributed by atoms with Gasteiger partial charge in [0, 0.05) is 11.1 Å². The summed E-state index contributed by atoms with van der Waals surface area (Å²) in [6.45, 7) is 3.77. The third-order valence-corrected chi connectivity index (χ3v) is 4.75. The van der Waals surface area contributed by atoms with Crippen molar-refractivity contribution in [2.45, 2.75) is 32.7 Å². The molecule has 1 aliphatic rings. The first-order valence-corrected chi connectivity index (χ1v) is 7.85. The number of hydrogen-bond acceptors (Lipinski definition) is 2. The minimum Gasteiger partial charge on any atom is -0.508 e. The minimum atomic E-state index is -0.243. The Morgan fingerprint density at radius 2 is 2.00 bits per heavy atom. The monoisotopic (exact) mass is 313 g/mol. The number of hydrogen-bond donors (Lipinski definition) is 2. The number of fused-ring (bicyclic) bond motifs is 1. The lowest BCUT2D eigenvalue weighted by molar-refractivity contribution is 0.0918. The molecule has 4 heteroatoms. The van der Waals surface area contributed by atoms with E-state index in [9.17, 15) is 14.3 Å². The number of phenols is 1. The molecule has 2 aromatic carbocycles. The molecule has 0 saturated heterocycles. The van der Waals surface area contributed by atoms with Crippen molar-refractivity contribution in [1.82, 2.24) is 5.32 Å². The zero-order chi connectivity index (χ0) is 16.6. The van der Waals surface area contributed by atoms with Gasteiger partial charge in [0.1, 0.15) is 11.6 Å². The van der Waals surface area contributed by atoms with E-state index in [4.69, 9.17) is 0 Å². The first kappa shape index (κ1) is 15.5. The second kappa shape index (κ2) is 6.03. The molecule has 0 heterocycles. The van der Waals surface area contributed by atoms with Gasteiger partial charge in [0.25, 0.3) is 5.91 Å². The average molecular weight is 313 g/mol. The second-order valence-electron chi connectivity index (χ2n) is 6.22. The number of nitrogens with one attached hydrogen (secondary N) is 1. The van der Waals surface area contributed by atoms with E-state index in [-0.39, 0.29) is 29.4 Å². The zero-order valence-corrected chi connectivity index (χ0v) is 13.3. The Hall–Kier alpha value is -2.36. The zero-order valence-electron chi connectivity index (χ0n) is 13.3. The van der Waals surface area contributed by atoms with Gasteiger partial charge in [-0.1, -0.05) is 25.1 Å². The first-order chi connectivity index (χ1) is 11.0. The molecule has 2 N–H and O–H groups in total. The molecule has 1 amide bonds. The summed E-state index contributed by atoms with van der Waals surface area (Å²) in [5.41, 5.74) is 2.55. The number of phenolic OH excluding ortho intramolecular Hbond substituents is 1. The van der Waals surface area contributed by atoms with Gasteiger partial charge in [0.2, 0.25) is 0 Å². The van der Waals surface area contributed by atoms with E-state index >= 15 is 0 Å². The van der Waals surface area contributed by atoms with Crippen molar-refractivity contribution in [3.05, 3.63) is 64.5 Å². The van der Waals surface area contributed by atoms with Crippen molar-refractivity contribution in [2.24, 2.45) is 5.92 Å². The van der Waals surface area contributed by atoms with Gasteiger partial charge in [-0.3, -0.25) is 4.79 Å². The molecule has 0 aliphatic heterocycles. The molecular weight excluding hydrogens is 293 g/mol. The van der Waals surface area contributed by atoms with Gasteiger partial charge in [-0.15, -0.1) is 0 Å². The number of aromatic hydroxyl groups is 1. The molecule has 0 fully saturated rings. The van der Waals surface area contributed by atoms with Crippen LogP contribution in [0.25, 0.3) is 0 Å². The largest absolute Gasteiger partial charge is 0.508 e. The van der Waals surface area contributed by atoms with Crippen LogP contribution >= 0.6 is 0 Å². The normalized spacial score (nSPS) is 20.0. The third-order valence-electron chi connectivity index (χ3n) is 4.75. The van der Waals surface area contributed by atoms with Crippen molar-refractivity contribution in [1.29, 1.82) is 0 Å². The summed E-state index contributed by atoms with van der Waals surface area (Å²) < 4.78 is 14.0. The molecule has 3 rings (SSSR count). The average Bonchev–Trinajstić information content (AvgIpc) is 2.53. The fourth-order valence-electron chi connectivity index (χ4n) is 3.28. The van der Waals surface area contributed by atoms with E-state index in [1.165, 1.54) is 6.07 Å². The van der Waals surface area contributed by atoms with Gasteiger partial charge in [-0.25, -0.2) is 4.39 Å². The molecule has 1 aliphatic carbocycles. The van der Waals surface area contributed by atoms with E-state index in [1.807, 2.05) is 6.07 Å². The molecule has 0 bridgehead atoms. The highest BCUT2D eigenvalue weighted by Crippen LogP contribution is 2.35. The Kier molecular flexibility index (Phi) is 4.07. The van der Waals surface area contributed by atoms with E-state index in [0.717, 1.165) is 12.0 Å². The van der Waals surface area contributed by atoms with E-state index in [2.05, 4.69) is 12.2 Å². The smallest absolute Gasteiger partial charge is 0.252 e. The molecule has 0 spiro atoms. The fraction of sp³-hybridized carbons (Fsp3) is 0.316. The van der Waals surface area contributed by atoms with Crippen LogP contribution < -0.4 is 5.32 Å². The highest BCUT2D eigenvalue weighted by Gasteiger charge is 2.30. The van der Waals surface area contributed by atoms with Crippen LogP contribution in [0.5, 0.6) is 5.75 Å². The highest BCUT2D eigenvalue weighted by atomic mass is 19.1. The maximum atomic E-state index is 14.0. The Labute approximate surface area is 135 Å². The predicted molar refractivity (Wildman–Crippen MR) is 86.9 cm³/mol. The molecule has 23 heavy (non-hydrogen) atoms. The van der Waals surface area contributed by atoms with Crippen LogP contribution in [0.2, 0.25) is 0 Å². The quantitative estimate of drug-likeness (QED) is 0.883. The molecule has 0 aromatic heterocycles. The SMILES string of the molecule is Cc1c(O)cccc1C(=O)N[C@H]1c2cccc(F)c2CC[C@H]1C. The topological polar surface area (TPSA) is 49.3 Å². The Morgan fingerprint density at radius 1 is 1.26 bits per heavy atom. The summed E-state index contributed by atoms with van der Waals surface area (Å²) in [5.74, 6) is -0.124. The lowest BCUT2D eigenvalue weighted by Crippen LogP contribution is -2.36. The van der Waals surface area contributed by atoms with Gasteiger partial charge in [0.05, 0.1) is 6.04 Å². The van der Waals surface area contributed by atoms with Crippen molar-refractivity contribution in [3.8, 4) is 5.75 Å². The van der Waals surface area contributed by atoms with Crippen molar-refractivity contribution in [2.75, 3.05) is 0 Å². The lowest BCUT2D eigenvalue weighted by Gasteiger charge is -2.32. The van der Waals surface area contributed by atoms with Crippen LogP contribution in [0, 0.1) is 18.7 Å². The molecule has 120 valence electrons. The number of carbonyl (C=O) groups excluding carboxylic acids is 1. The summed E-state index contributed by atoms with van der Waals surface area (Å²) in [7, 11) is 0. The van der Waals surface area contributed by atoms with Crippen molar-refractivity contribution < 1.29 is 14.3 Å². The van der Waals surface area contributed by atoms with Crippen LogP contribution in [-0.4, -0.2) is 11.0 Å². The van der Waals surface area contributed by atoms with Crippen LogP contribution in [-0.2, 0) is 6.42 Å². The van der Waals surface area contributed by atoms with Crippen LogP contribution in [0.4, 0.5) is 4.39 Å². The summed E-state index contributed by atoms with van der Waals surface area (Å²) in [6, 6.07) is 9.70. The molecule has 2 aromatic rings. The number of benzene rings is 2. The summed E-state index contributed by atoms with van der Waals surface area (Å²) in [6.07, 6.45) is 1.53. The molecule has 0 unspecified atom stereocenters. The number of carbonyl (C=O) groups is 1. The number of amides is 1. The Bertz CT molecular complexity index is 757. The first-order valence-electron chi connectivity index (χ1n) is 7.85. The molecule has 2 atom stereocenters. The van der Waals surface area contributed by atoms with Crippen LogP contribution in [0.1, 0.15) is 46.4 Å². The van der Waals surface area contributed by atoms with Gasteiger partial charge in [-0.05, 0) is 55.0 Å². The summed E-state index contributed by atoms with van der Waals surface area (Å²) in [4.78, 5) is 12.6. The molecule has 3 nitrogen and oxygen atoms in total. The van der Waals surface area contributed by atoms with Gasteiger partial charge in [-0.2, -0.15) is 0 Å². The maximum absolute atomic E-state index is 14.0.